The van der Waals surface area contributed by atoms with Gasteiger partial charge in [0.15, 0.2) is 5.82 Å². The normalized spacial score (nSPS) is 12.1. The van der Waals surface area contributed by atoms with Gasteiger partial charge in [-0.2, -0.15) is 0 Å². The lowest BCUT2D eigenvalue weighted by Crippen LogP contribution is -2.30. The predicted octanol–water partition coefficient (Wildman–Crippen LogP) is 3.82. The third-order valence-electron chi connectivity index (χ3n) is 5.19. The van der Waals surface area contributed by atoms with Crippen LogP contribution in [-0.4, -0.2) is 35.4 Å². The molecule has 1 aromatic heterocycles. The predicted molar refractivity (Wildman–Crippen MR) is 130 cm³/mol. The van der Waals surface area contributed by atoms with Gasteiger partial charge in [0.1, 0.15) is 0 Å². The Hall–Kier alpha value is -4.28. The number of carbonyl (C=O) groups excluding carboxylic acids is 1. The summed E-state index contributed by atoms with van der Waals surface area (Å²) in [6.07, 6.45) is 2.62. The number of aromatic nitrogens is 2. The maximum Gasteiger partial charge on any atom is 0.305 e. The van der Waals surface area contributed by atoms with Crippen LogP contribution in [0.2, 0.25) is 0 Å². The first-order valence-corrected chi connectivity index (χ1v) is 12.1. The van der Waals surface area contributed by atoms with Crippen LogP contribution < -0.4 is 10.0 Å². The number of benzene rings is 3. The number of amides is 1. The summed E-state index contributed by atoms with van der Waals surface area (Å²) < 4.78 is 28.8. The number of sulfonamides is 1. The van der Waals surface area contributed by atoms with Crippen molar-refractivity contribution in [1.29, 1.82) is 0 Å². The number of hydrogen-bond donors (Lipinski definition) is 4. The first-order valence-electron chi connectivity index (χ1n) is 10.6. The van der Waals surface area contributed by atoms with Gasteiger partial charge in [-0.15, -0.1) is 0 Å². The SMILES string of the molecule is O=C(O)C[C@@H](NS(=O)(=O)c1cccc(-c2cccc(NC(=O)c3ncc[nH]3)c2)c1)c1ccccc1. The summed E-state index contributed by atoms with van der Waals surface area (Å²) in [4.78, 5) is 30.3. The molecule has 4 N–H and O–H groups in total. The summed E-state index contributed by atoms with van der Waals surface area (Å²) in [7, 11) is -4.04. The molecule has 1 atom stereocenters. The highest BCUT2D eigenvalue weighted by Gasteiger charge is 2.24. The minimum Gasteiger partial charge on any atom is -0.481 e. The fourth-order valence-corrected chi connectivity index (χ4v) is 4.81. The van der Waals surface area contributed by atoms with Crippen molar-refractivity contribution >= 4 is 27.6 Å². The van der Waals surface area contributed by atoms with Crippen LogP contribution >= 0.6 is 0 Å². The topological polar surface area (TPSA) is 141 Å². The van der Waals surface area contributed by atoms with Crippen molar-refractivity contribution in [2.24, 2.45) is 0 Å². The molecule has 35 heavy (non-hydrogen) atoms. The standard InChI is InChI=1S/C25H22N4O5S/c30-23(31)16-22(17-6-2-1-3-7-17)29-35(33,34)21-11-5-9-19(15-21)18-8-4-10-20(14-18)28-25(32)24-26-12-13-27-24/h1-15,22,29H,16H2,(H,26,27)(H,28,32)(H,30,31)/t22-/m1/s1. The molecule has 9 nitrogen and oxygen atoms in total. The van der Waals surface area contributed by atoms with Crippen LogP contribution in [0, 0.1) is 0 Å². The molecular weight excluding hydrogens is 468 g/mol. The van der Waals surface area contributed by atoms with E-state index in [1.54, 1.807) is 72.9 Å². The molecular formula is C25H22N4O5S. The van der Waals surface area contributed by atoms with Crippen molar-refractivity contribution < 1.29 is 23.1 Å². The Morgan fingerprint density at radius 1 is 0.943 bits per heavy atom. The second-order valence-corrected chi connectivity index (χ2v) is 9.40. The monoisotopic (exact) mass is 490 g/mol. The summed E-state index contributed by atoms with van der Waals surface area (Å²) in [5, 5.41) is 12.0. The van der Waals surface area contributed by atoms with Gasteiger partial charge >= 0.3 is 5.97 Å². The molecule has 0 aliphatic rings. The van der Waals surface area contributed by atoms with Crippen LogP contribution in [0.4, 0.5) is 5.69 Å². The van der Waals surface area contributed by atoms with Crippen LogP contribution in [0.25, 0.3) is 11.1 Å². The minimum atomic E-state index is -4.04. The summed E-state index contributed by atoms with van der Waals surface area (Å²) in [5.41, 5.74) is 2.36. The number of rotatable bonds is 9. The Balaban J connectivity index is 1.58. The Kier molecular flexibility index (Phi) is 7.04. The number of imidazole rings is 1. The fourth-order valence-electron chi connectivity index (χ4n) is 3.54. The first kappa shape index (κ1) is 23.9. The molecule has 0 aliphatic carbocycles. The van der Waals surface area contributed by atoms with Crippen LogP contribution in [0.1, 0.15) is 28.6 Å². The van der Waals surface area contributed by atoms with Crippen LogP contribution in [0.5, 0.6) is 0 Å². The lowest BCUT2D eigenvalue weighted by molar-refractivity contribution is -0.137. The average molecular weight is 491 g/mol. The lowest BCUT2D eigenvalue weighted by Gasteiger charge is -2.18. The van der Waals surface area contributed by atoms with E-state index in [-0.39, 0.29) is 10.7 Å². The quantitative estimate of drug-likeness (QED) is 0.281. The van der Waals surface area contributed by atoms with Gasteiger partial charge in [-0.1, -0.05) is 54.6 Å². The Morgan fingerprint density at radius 3 is 2.34 bits per heavy atom. The van der Waals surface area contributed by atoms with Gasteiger partial charge in [0.2, 0.25) is 10.0 Å². The van der Waals surface area contributed by atoms with Gasteiger partial charge < -0.3 is 15.4 Å². The van der Waals surface area contributed by atoms with Gasteiger partial charge in [-0.3, -0.25) is 9.59 Å². The molecule has 0 bridgehead atoms. The van der Waals surface area contributed by atoms with E-state index in [4.69, 9.17) is 0 Å². The maximum atomic E-state index is 13.2. The number of H-pyrrole nitrogens is 1. The van der Waals surface area contributed by atoms with Crippen molar-refractivity contribution in [3.63, 3.8) is 0 Å². The molecule has 3 aromatic carbocycles. The summed E-state index contributed by atoms with van der Waals surface area (Å²) in [5.74, 6) is -1.36. The number of aliphatic carboxylic acids is 1. The maximum absolute atomic E-state index is 13.2. The van der Waals surface area contributed by atoms with Crippen LogP contribution in [-0.2, 0) is 14.8 Å². The molecule has 0 saturated carbocycles. The second kappa shape index (κ2) is 10.3. The Morgan fingerprint density at radius 2 is 1.66 bits per heavy atom. The first-order chi connectivity index (χ1) is 16.8. The van der Waals surface area contributed by atoms with Crippen molar-refractivity contribution in [1.82, 2.24) is 14.7 Å². The second-order valence-electron chi connectivity index (χ2n) is 7.68. The van der Waals surface area contributed by atoms with Crippen molar-refractivity contribution in [2.75, 3.05) is 5.32 Å². The van der Waals surface area contributed by atoms with Crippen molar-refractivity contribution in [3.05, 3.63) is 103 Å². The number of carboxylic acid groups (broad SMARTS) is 1. The molecule has 1 amide bonds. The number of nitrogens with zero attached hydrogens (tertiary/aromatic N) is 1. The van der Waals surface area contributed by atoms with Gasteiger partial charge in [-0.05, 0) is 41.0 Å². The highest BCUT2D eigenvalue weighted by Crippen LogP contribution is 2.27. The van der Waals surface area contributed by atoms with Gasteiger partial charge in [-0.25, -0.2) is 18.1 Å². The number of aromatic amines is 1. The van der Waals surface area contributed by atoms with E-state index >= 15 is 0 Å². The van der Waals surface area contributed by atoms with E-state index in [1.165, 1.54) is 18.3 Å². The highest BCUT2D eigenvalue weighted by molar-refractivity contribution is 7.89. The third-order valence-corrected chi connectivity index (χ3v) is 6.66. The number of carbonyl (C=O) groups is 2. The summed E-state index contributed by atoms with van der Waals surface area (Å²) >= 11 is 0. The van der Waals surface area contributed by atoms with Crippen LogP contribution in [0.3, 0.4) is 0 Å². The van der Waals surface area contributed by atoms with E-state index in [0.717, 1.165) is 0 Å². The van der Waals surface area contributed by atoms with Crippen LogP contribution in [0.15, 0.2) is 96.2 Å². The average Bonchev–Trinajstić information content (AvgIpc) is 3.39. The van der Waals surface area contributed by atoms with E-state index in [1.807, 2.05) is 0 Å². The number of anilines is 1. The van der Waals surface area contributed by atoms with Gasteiger partial charge in [0.25, 0.3) is 5.91 Å². The number of nitrogens with one attached hydrogen (secondary N) is 3. The molecule has 4 aromatic rings. The zero-order valence-corrected chi connectivity index (χ0v) is 19.2. The molecule has 178 valence electrons. The lowest BCUT2D eigenvalue weighted by atomic mass is 10.1. The Bertz CT molecular complexity index is 1440. The van der Waals surface area contributed by atoms with Gasteiger partial charge in [0, 0.05) is 18.1 Å². The van der Waals surface area contributed by atoms with E-state index < -0.39 is 34.4 Å². The molecule has 10 heteroatoms. The van der Waals surface area contributed by atoms with E-state index in [9.17, 15) is 23.1 Å². The molecule has 0 unspecified atom stereocenters. The Labute approximate surface area is 201 Å². The molecule has 0 fully saturated rings. The molecule has 0 radical (unpaired) electrons. The summed E-state index contributed by atoms with van der Waals surface area (Å²) in [6.45, 7) is 0. The van der Waals surface area contributed by atoms with Gasteiger partial charge in [0.05, 0.1) is 17.4 Å². The zero-order valence-electron chi connectivity index (χ0n) is 18.4. The molecule has 0 aliphatic heterocycles. The van der Waals surface area contributed by atoms with E-state index in [0.29, 0.717) is 22.4 Å². The molecule has 0 spiro atoms. The summed E-state index contributed by atoms with van der Waals surface area (Å²) in [6, 6.07) is 20.9. The molecule has 4 rings (SSSR count). The van der Waals surface area contributed by atoms with Crippen molar-refractivity contribution in [2.45, 2.75) is 17.4 Å². The smallest absolute Gasteiger partial charge is 0.305 e. The highest BCUT2D eigenvalue weighted by atomic mass is 32.2. The number of hydrogen-bond acceptors (Lipinski definition) is 5. The molecule has 0 saturated heterocycles. The fraction of sp³-hybridized carbons (Fsp3) is 0.0800. The van der Waals surface area contributed by atoms with E-state index in [2.05, 4.69) is 20.0 Å². The largest absolute Gasteiger partial charge is 0.481 e. The third kappa shape index (κ3) is 5.99. The zero-order chi connectivity index (χ0) is 24.8. The number of carboxylic acids is 1. The molecule has 1 heterocycles. The minimum absolute atomic E-state index is 0.00801. The van der Waals surface area contributed by atoms with Crippen molar-refractivity contribution in [3.8, 4) is 11.1 Å².